The minimum absolute atomic E-state index is 0.189. The van der Waals surface area contributed by atoms with Gasteiger partial charge in [0.1, 0.15) is 16.9 Å². The number of rotatable bonds is 7. The summed E-state index contributed by atoms with van der Waals surface area (Å²) in [4.78, 5) is 26.9. The molecular formula is C22H25F3N8O2. The van der Waals surface area contributed by atoms with E-state index in [4.69, 9.17) is 4.74 Å². The van der Waals surface area contributed by atoms with Gasteiger partial charge >= 0.3 is 6.18 Å². The highest BCUT2D eigenvalue weighted by Gasteiger charge is 2.44. The number of ether oxygens (including phenoxy) is 1. The SMILES string of the molecule is COC[C@]1(C)C(=O)Nc2c(C)nc(NCc3cnn(Cc4ccc(C(F)(F)F)nc4)c3)nc2N1C. The summed E-state index contributed by atoms with van der Waals surface area (Å²) in [7, 11) is 3.32. The van der Waals surface area contributed by atoms with Crippen molar-refractivity contribution in [3.8, 4) is 0 Å². The van der Waals surface area contributed by atoms with Gasteiger partial charge in [0.25, 0.3) is 5.91 Å². The fraction of sp³-hybridized carbons (Fsp3) is 0.409. The summed E-state index contributed by atoms with van der Waals surface area (Å²) < 4.78 is 44.9. The van der Waals surface area contributed by atoms with E-state index in [0.717, 1.165) is 11.6 Å². The number of likely N-dealkylation sites (N-methyl/N-ethyl adjacent to an activating group) is 1. The van der Waals surface area contributed by atoms with Gasteiger partial charge in [0, 0.05) is 38.7 Å². The number of pyridine rings is 1. The Kier molecular flexibility index (Phi) is 6.36. The number of alkyl halides is 3. The number of anilines is 3. The van der Waals surface area contributed by atoms with Gasteiger partial charge in [-0.2, -0.15) is 23.3 Å². The molecule has 0 unspecified atom stereocenters. The molecule has 0 saturated heterocycles. The van der Waals surface area contributed by atoms with Gasteiger partial charge in [0.2, 0.25) is 5.95 Å². The first-order chi connectivity index (χ1) is 16.5. The fourth-order valence-corrected chi connectivity index (χ4v) is 3.74. The molecule has 3 aromatic rings. The number of halogens is 3. The van der Waals surface area contributed by atoms with Crippen molar-refractivity contribution < 1.29 is 22.7 Å². The quantitative estimate of drug-likeness (QED) is 0.520. The number of carbonyl (C=O) groups is 1. The van der Waals surface area contributed by atoms with Crippen LogP contribution in [0.4, 0.5) is 30.6 Å². The standard InChI is InChI=1S/C22H25F3N8O2/c1-13-17-18(32(3)21(2,12-35-4)19(34)30-17)31-20(29-13)27-8-15-9-28-33(11-15)10-14-5-6-16(26-7-14)22(23,24)25/h5-7,9,11H,8,10,12H2,1-4H3,(H,30,34)(H,27,29,31)/t21-/m1/s1. The van der Waals surface area contributed by atoms with Gasteiger partial charge in [-0.3, -0.25) is 14.5 Å². The summed E-state index contributed by atoms with van der Waals surface area (Å²) in [6, 6.07) is 2.33. The average molecular weight is 490 g/mol. The highest BCUT2D eigenvalue weighted by atomic mass is 19.4. The lowest BCUT2D eigenvalue weighted by Crippen LogP contribution is -2.59. The Balaban J connectivity index is 1.44. The Labute approximate surface area is 199 Å². The van der Waals surface area contributed by atoms with Crippen molar-refractivity contribution in [1.29, 1.82) is 0 Å². The zero-order chi connectivity index (χ0) is 25.4. The molecule has 0 aromatic carbocycles. The van der Waals surface area contributed by atoms with E-state index < -0.39 is 17.4 Å². The number of nitrogens with zero attached hydrogens (tertiary/aromatic N) is 6. The molecule has 1 aliphatic heterocycles. The molecule has 4 heterocycles. The number of aromatic nitrogens is 5. The van der Waals surface area contributed by atoms with Crippen molar-refractivity contribution in [2.45, 2.75) is 38.7 Å². The van der Waals surface area contributed by atoms with Crippen LogP contribution in [0.25, 0.3) is 0 Å². The molecule has 0 bridgehead atoms. The van der Waals surface area contributed by atoms with E-state index in [0.29, 0.717) is 35.3 Å². The van der Waals surface area contributed by atoms with Gasteiger partial charge in [-0.05, 0) is 25.5 Å². The van der Waals surface area contributed by atoms with Crippen molar-refractivity contribution in [3.05, 3.63) is 53.2 Å². The van der Waals surface area contributed by atoms with Gasteiger partial charge in [0.15, 0.2) is 5.82 Å². The van der Waals surface area contributed by atoms with E-state index >= 15 is 0 Å². The minimum atomic E-state index is -4.47. The maximum atomic E-state index is 12.7. The van der Waals surface area contributed by atoms with E-state index in [2.05, 4.69) is 30.7 Å². The van der Waals surface area contributed by atoms with Crippen LogP contribution in [0.5, 0.6) is 0 Å². The van der Waals surface area contributed by atoms with Crippen LogP contribution < -0.4 is 15.5 Å². The van der Waals surface area contributed by atoms with E-state index in [1.807, 2.05) is 0 Å². The summed E-state index contributed by atoms with van der Waals surface area (Å²) in [6.45, 7) is 4.40. The zero-order valence-electron chi connectivity index (χ0n) is 19.6. The Bertz CT molecular complexity index is 1230. The number of carbonyl (C=O) groups excluding carboxylic acids is 1. The lowest BCUT2D eigenvalue weighted by Gasteiger charge is -2.42. The van der Waals surface area contributed by atoms with Crippen LogP contribution in [0.3, 0.4) is 0 Å². The third kappa shape index (κ3) is 4.90. The molecule has 0 saturated carbocycles. The average Bonchev–Trinajstić information content (AvgIpc) is 3.24. The molecule has 35 heavy (non-hydrogen) atoms. The molecule has 13 heteroatoms. The number of hydrogen-bond acceptors (Lipinski definition) is 8. The van der Waals surface area contributed by atoms with Crippen molar-refractivity contribution in [3.63, 3.8) is 0 Å². The van der Waals surface area contributed by atoms with Gasteiger partial charge < -0.3 is 20.3 Å². The highest BCUT2D eigenvalue weighted by Crippen LogP contribution is 2.36. The first kappa shape index (κ1) is 24.4. The van der Waals surface area contributed by atoms with E-state index in [1.54, 1.807) is 42.9 Å². The van der Waals surface area contributed by atoms with E-state index in [9.17, 15) is 18.0 Å². The number of fused-ring (bicyclic) bond motifs is 1. The van der Waals surface area contributed by atoms with Crippen molar-refractivity contribution in [2.75, 3.05) is 36.3 Å². The van der Waals surface area contributed by atoms with Crippen LogP contribution in [0.1, 0.15) is 29.4 Å². The van der Waals surface area contributed by atoms with Crippen molar-refractivity contribution >= 4 is 23.4 Å². The Morgan fingerprint density at radius 3 is 2.63 bits per heavy atom. The number of hydrogen-bond donors (Lipinski definition) is 2. The third-order valence-corrected chi connectivity index (χ3v) is 5.88. The monoisotopic (exact) mass is 490 g/mol. The normalized spacial score (nSPS) is 17.8. The number of amides is 1. The zero-order valence-corrected chi connectivity index (χ0v) is 19.6. The summed E-state index contributed by atoms with van der Waals surface area (Å²) in [5.41, 5.74) is 0.735. The summed E-state index contributed by atoms with van der Waals surface area (Å²) in [5.74, 6) is 0.755. The molecule has 10 nitrogen and oxygen atoms in total. The smallest absolute Gasteiger partial charge is 0.382 e. The first-order valence-corrected chi connectivity index (χ1v) is 10.7. The number of nitrogens with one attached hydrogen (secondary N) is 2. The van der Waals surface area contributed by atoms with E-state index in [1.165, 1.54) is 19.4 Å². The topological polar surface area (TPSA) is 110 Å². The number of aryl methyl sites for hydroxylation is 1. The van der Waals surface area contributed by atoms with Crippen LogP contribution in [0.15, 0.2) is 30.7 Å². The molecule has 1 aliphatic rings. The minimum Gasteiger partial charge on any atom is -0.382 e. The van der Waals surface area contributed by atoms with Crippen LogP contribution in [0, 0.1) is 6.92 Å². The van der Waals surface area contributed by atoms with Gasteiger partial charge in [0.05, 0.1) is 25.0 Å². The molecule has 0 fully saturated rings. The highest BCUT2D eigenvalue weighted by molar-refractivity contribution is 6.06. The lowest BCUT2D eigenvalue weighted by molar-refractivity contribution is -0.141. The summed E-state index contributed by atoms with van der Waals surface area (Å²) in [6.07, 6.45) is 0.150. The third-order valence-electron chi connectivity index (χ3n) is 5.88. The summed E-state index contributed by atoms with van der Waals surface area (Å²) >= 11 is 0. The molecule has 186 valence electrons. The Morgan fingerprint density at radius 2 is 1.97 bits per heavy atom. The fourth-order valence-electron chi connectivity index (χ4n) is 3.74. The Hall–Kier alpha value is -3.74. The maximum absolute atomic E-state index is 12.7. The van der Waals surface area contributed by atoms with Crippen molar-refractivity contribution in [2.24, 2.45) is 0 Å². The largest absolute Gasteiger partial charge is 0.433 e. The van der Waals surface area contributed by atoms with Crippen molar-refractivity contribution in [1.82, 2.24) is 24.7 Å². The number of methoxy groups -OCH3 is 1. The van der Waals surface area contributed by atoms with Crippen LogP contribution >= 0.6 is 0 Å². The van der Waals surface area contributed by atoms with Gasteiger partial charge in [-0.15, -0.1) is 0 Å². The molecule has 1 amide bonds. The molecular weight excluding hydrogens is 465 g/mol. The molecule has 0 aliphatic carbocycles. The van der Waals surface area contributed by atoms with Crippen LogP contribution in [0.2, 0.25) is 0 Å². The van der Waals surface area contributed by atoms with E-state index in [-0.39, 0.29) is 19.1 Å². The van der Waals surface area contributed by atoms with Crippen LogP contribution in [-0.2, 0) is 28.8 Å². The molecule has 3 aromatic heterocycles. The Morgan fingerprint density at radius 1 is 1.20 bits per heavy atom. The second-order valence-corrected chi connectivity index (χ2v) is 8.50. The molecule has 4 rings (SSSR count). The van der Waals surface area contributed by atoms with Gasteiger partial charge in [-0.1, -0.05) is 6.07 Å². The first-order valence-electron chi connectivity index (χ1n) is 10.7. The molecule has 0 radical (unpaired) electrons. The van der Waals surface area contributed by atoms with Gasteiger partial charge in [-0.25, -0.2) is 4.98 Å². The van der Waals surface area contributed by atoms with Crippen LogP contribution in [-0.4, -0.2) is 56.9 Å². The molecule has 2 N–H and O–H groups in total. The lowest BCUT2D eigenvalue weighted by atomic mass is 9.97. The maximum Gasteiger partial charge on any atom is 0.433 e. The predicted molar refractivity (Wildman–Crippen MR) is 122 cm³/mol. The summed E-state index contributed by atoms with van der Waals surface area (Å²) in [5, 5.41) is 10.3. The molecule has 1 atom stereocenters. The second kappa shape index (κ2) is 9.13. The second-order valence-electron chi connectivity index (χ2n) is 8.50. The molecule has 0 spiro atoms. The predicted octanol–water partition coefficient (Wildman–Crippen LogP) is 2.85.